The summed E-state index contributed by atoms with van der Waals surface area (Å²) in [5.74, 6) is -0.931. The Kier molecular flexibility index (Phi) is 9.56. The van der Waals surface area contributed by atoms with Gasteiger partial charge >= 0.3 is 11.9 Å². The minimum absolute atomic E-state index is 0.00883. The number of ether oxygens (including phenoxy) is 1. The first-order chi connectivity index (χ1) is 11.5. The van der Waals surface area contributed by atoms with Crippen molar-refractivity contribution in [1.29, 1.82) is 0 Å². The molecule has 0 saturated heterocycles. The zero-order valence-corrected chi connectivity index (χ0v) is 14.7. The molecule has 7 heteroatoms. The van der Waals surface area contributed by atoms with E-state index in [0.717, 1.165) is 25.1 Å². The van der Waals surface area contributed by atoms with Gasteiger partial charge in [0.05, 0.1) is 13.2 Å². The Morgan fingerprint density at radius 1 is 1.12 bits per heavy atom. The first-order valence-corrected chi connectivity index (χ1v) is 8.91. The minimum atomic E-state index is -1.01. The lowest BCUT2D eigenvalue weighted by Crippen LogP contribution is -2.55. The van der Waals surface area contributed by atoms with Crippen molar-refractivity contribution >= 4 is 17.8 Å². The molecule has 0 aromatic carbocycles. The maximum atomic E-state index is 11.3. The SMILES string of the molecule is CCCCCCCCC1=NCC[N+]1(CCOCC(=O)O)CC(=O)O. The van der Waals surface area contributed by atoms with Crippen LogP contribution in [0.3, 0.4) is 0 Å². The second-order valence-electron chi connectivity index (χ2n) is 6.41. The second kappa shape index (κ2) is 11.1. The summed E-state index contributed by atoms with van der Waals surface area (Å²) >= 11 is 0. The highest BCUT2D eigenvalue weighted by molar-refractivity contribution is 5.80. The van der Waals surface area contributed by atoms with Crippen LogP contribution in [0.4, 0.5) is 0 Å². The monoisotopic (exact) mass is 343 g/mol. The van der Waals surface area contributed by atoms with E-state index >= 15 is 0 Å². The lowest BCUT2D eigenvalue weighted by atomic mass is 10.1. The predicted octanol–water partition coefficient (Wildman–Crippen LogP) is 2.15. The van der Waals surface area contributed by atoms with Gasteiger partial charge in [-0.3, -0.25) is 4.48 Å². The third kappa shape index (κ3) is 7.40. The molecule has 0 bridgehead atoms. The van der Waals surface area contributed by atoms with Crippen LogP contribution in [0.5, 0.6) is 0 Å². The van der Waals surface area contributed by atoms with E-state index in [0.29, 0.717) is 24.1 Å². The molecule has 0 fully saturated rings. The maximum Gasteiger partial charge on any atom is 0.359 e. The van der Waals surface area contributed by atoms with Crippen molar-refractivity contribution in [2.45, 2.75) is 51.9 Å². The lowest BCUT2D eigenvalue weighted by Gasteiger charge is -2.33. The molecule has 0 saturated carbocycles. The van der Waals surface area contributed by atoms with Crippen LogP contribution in [0.2, 0.25) is 0 Å². The van der Waals surface area contributed by atoms with Crippen molar-refractivity contribution in [1.82, 2.24) is 0 Å². The average molecular weight is 343 g/mol. The molecule has 1 aliphatic heterocycles. The van der Waals surface area contributed by atoms with E-state index in [1.54, 1.807) is 0 Å². The van der Waals surface area contributed by atoms with E-state index in [9.17, 15) is 14.7 Å². The van der Waals surface area contributed by atoms with Crippen molar-refractivity contribution in [3.05, 3.63) is 0 Å². The fourth-order valence-electron chi connectivity index (χ4n) is 3.18. The molecular formula is C17H31N2O5+. The van der Waals surface area contributed by atoms with Crippen LogP contribution in [-0.4, -0.2) is 71.9 Å². The highest BCUT2D eigenvalue weighted by Gasteiger charge is 2.39. The number of aliphatic carboxylic acids is 2. The molecule has 0 spiro atoms. The lowest BCUT2D eigenvalue weighted by molar-refractivity contribution is -0.829. The molecule has 1 unspecified atom stereocenters. The van der Waals surface area contributed by atoms with Gasteiger partial charge < -0.3 is 14.9 Å². The van der Waals surface area contributed by atoms with Crippen molar-refractivity contribution in [3.63, 3.8) is 0 Å². The number of hydrogen-bond acceptors (Lipinski definition) is 4. The number of hydrogen-bond donors (Lipinski definition) is 2. The summed E-state index contributed by atoms with van der Waals surface area (Å²) in [4.78, 5) is 26.4. The second-order valence-corrected chi connectivity index (χ2v) is 6.41. The molecule has 24 heavy (non-hydrogen) atoms. The van der Waals surface area contributed by atoms with Gasteiger partial charge in [-0.2, -0.15) is 0 Å². The molecular weight excluding hydrogens is 312 g/mol. The Labute approximate surface area is 143 Å². The molecule has 0 aliphatic carbocycles. The van der Waals surface area contributed by atoms with Gasteiger partial charge in [-0.25, -0.2) is 14.6 Å². The fourth-order valence-corrected chi connectivity index (χ4v) is 3.18. The van der Waals surface area contributed by atoms with Gasteiger partial charge in [0.15, 0.2) is 12.4 Å². The van der Waals surface area contributed by atoms with Crippen LogP contribution in [0.25, 0.3) is 0 Å². The van der Waals surface area contributed by atoms with Gasteiger partial charge in [0.1, 0.15) is 19.7 Å². The summed E-state index contributed by atoms with van der Waals surface area (Å²) in [5, 5.41) is 17.9. The average Bonchev–Trinajstić information content (AvgIpc) is 2.89. The van der Waals surface area contributed by atoms with Crippen LogP contribution in [-0.2, 0) is 14.3 Å². The number of rotatable bonds is 14. The van der Waals surface area contributed by atoms with E-state index in [-0.39, 0.29) is 19.8 Å². The molecule has 1 heterocycles. The van der Waals surface area contributed by atoms with Crippen LogP contribution < -0.4 is 0 Å². The molecule has 1 rings (SSSR count). The van der Waals surface area contributed by atoms with E-state index in [2.05, 4.69) is 11.9 Å². The fraction of sp³-hybridized carbons (Fsp3) is 0.824. The van der Waals surface area contributed by atoms with E-state index in [1.807, 2.05) is 0 Å². The zero-order valence-electron chi connectivity index (χ0n) is 14.7. The van der Waals surface area contributed by atoms with E-state index < -0.39 is 11.9 Å². The first-order valence-electron chi connectivity index (χ1n) is 8.91. The van der Waals surface area contributed by atoms with Crippen molar-refractivity contribution in [2.24, 2.45) is 4.99 Å². The number of carboxylic acids is 2. The Morgan fingerprint density at radius 3 is 2.50 bits per heavy atom. The summed E-state index contributed by atoms with van der Waals surface area (Å²) in [6.45, 7) is 3.83. The number of amidine groups is 1. The highest BCUT2D eigenvalue weighted by Crippen LogP contribution is 2.20. The standard InChI is InChI=1S/C17H30N2O5/c1-2-3-4-5-6-7-8-15-18-9-10-19(15,13-16(20)21)11-12-24-14-17(22)23/h2-14H2,1H3,(H-,20,21,22,23)/p+1. The number of nitrogens with zero attached hydrogens (tertiary/aromatic N) is 2. The molecule has 138 valence electrons. The third-order valence-corrected chi connectivity index (χ3v) is 4.45. The highest BCUT2D eigenvalue weighted by atomic mass is 16.5. The Morgan fingerprint density at radius 2 is 1.83 bits per heavy atom. The van der Waals surface area contributed by atoms with Crippen LogP contribution in [0.15, 0.2) is 4.99 Å². The number of aliphatic imine (C=N–C) groups is 1. The first kappa shape index (κ1) is 20.6. The molecule has 0 aromatic heterocycles. The van der Waals surface area contributed by atoms with Crippen LogP contribution >= 0.6 is 0 Å². The number of quaternary nitrogens is 1. The van der Waals surface area contributed by atoms with Crippen molar-refractivity contribution in [2.75, 3.05) is 39.4 Å². The summed E-state index contributed by atoms with van der Waals surface area (Å²) in [7, 11) is 0. The Bertz CT molecular complexity index is 439. The van der Waals surface area contributed by atoms with Crippen molar-refractivity contribution in [3.8, 4) is 0 Å². The van der Waals surface area contributed by atoms with Gasteiger partial charge in [0.25, 0.3) is 0 Å². The van der Waals surface area contributed by atoms with Gasteiger partial charge in [0.2, 0.25) is 0 Å². The smallest absolute Gasteiger partial charge is 0.359 e. The van der Waals surface area contributed by atoms with E-state index in [1.165, 1.54) is 25.7 Å². The molecule has 1 atom stereocenters. The molecule has 7 nitrogen and oxygen atoms in total. The molecule has 1 aliphatic rings. The van der Waals surface area contributed by atoms with Crippen molar-refractivity contribution < 1.29 is 29.0 Å². The predicted molar refractivity (Wildman–Crippen MR) is 91.2 cm³/mol. The molecule has 2 N–H and O–H groups in total. The van der Waals surface area contributed by atoms with Gasteiger partial charge in [-0.1, -0.05) is 39.0 Å². The largest absolute Gasteiger partial charge is 0.480 e. The number of carboxylic acid groups (broad SMARTS) is 2. The Hall–Kier alpha value is -1.47. The molecule has 0 amide bonds. The summed E-state index contributed by atoms with van der Waals surface area (Å²) in [6.07, 6.45) is 7.93. The third-order valence-electron chi connectivity index (χ3n) is 4.45. The van der Waals surface area contributed by atoms with Crippen LogP contribution in [0.1, 0.15) is 51.9 Å². The normalized spacial score (nSPS) is 20.1. The van der Waals surface area contributed by atoms with Crippen LogP contribution in [0, 0.1) is 0 Å². The Balaban J connectivity index is 2.49. The van der Waals surface area contributed by atoms with E-state index in [4.69, 9.17) is 9.84 Å². The summed E-state index contributed by atoms with van der Waals surface area (Å²) < 4.78 is 5.43. The number of unbranched alkanes of at least 4 members (excludes halogenated alkanes) is 5. The molecule has 0 radical (unpaired) electrons. The summed E-state index contributed by atoms with van der Waals surface area (Å²) in [5.41, 5.74) is 0. The molecule has 0 aromatic rings. The quantitative estimate of drug-likeness (QED) is 0.372. The minimum Gasteiger partial charge on any atom is -0.480 e. The van der Waals surface area contributed by atoms with Gasteiger partial charge in [0, 0.05) is 6.42 Å². The summed E-state index contributed by atoms with van der Waals surface area (Å²) in [6, 6.07) is 0. The topological polar surface area (TPSA) is 96.2 Å². The van der Waals surface area contributed by atoms with Gasteiger partial charge in [-0.05, 0) is 6.42 Å². The zero-order chi connectivity index (χ0) is 17.8. The maximum absolute atomic E-state index is 11.3. The number of carbonyl (C=O) groups is 2. The van der Waals surface area contributed by atoms with Gasteiger partial charge in [-0.15, -0.1) is 0 Å².